The summed E-state index contributed by atoms with van der Waals surface area (Å²) in [5.74, 6) is -2.00. The molecule has 0 aromatic heterocycles. The highest BCUT2D eigenvalue weighted by atomic mass is 19.1. The molecule has 1 aromatic carbocycles. The molecule has 0 heterocycles. The van der Waals surface area contributed by atoms with Crippen LogP contribution in [0.3, 0.4) is 0 Å². The Balaban J connectivity index is 2.56. The average Bonchev–Trinajstić information content (AvgIpc) is 2.31. The fourth-order valence-corrected chi connectivity index (χ4v) is 1.28. The molecule has 3 nitrogen and oxygen atoms in total. The maximum atomic E-state index is 13.2. The third-order valence-electron chi connectivity index (χ3n) is 2.36. The maximum absolute atomic E-state index is 13.2. The molecule has 0 aliphatic heterocycles. The van der Waals surface area contributed by atoms with Crippen molar-refractivity contribution in [1.82, 2.24) is 5.32 Å². The first-order chi connectivity index (χ1) is 8.04. The second-order valence-electron chi connectivity index (χ2n) is 3.97. The molecule has 17 heavy (non-hydrogen) atoms. The first-order valence-electron chi connectivity index (χ1n) is 5.35. The van der Waals surface area contributed by atoms with Gasteiger partial charge in [0.25, 0.3) is 0 Å². The van der Waals surface area contributed by atoms with Crippen LogP contribution >= 0.6 is 0 Å². The molecular formula is C12H15F2NO2. The van der Waals surface area contributed by atoms with E-state index in [0.29, 0.717) is 0 Å². The largest absolute Gasteiger partial charge is 0.396 e. The van der Waals surface area contributed by atoms with E-state index in [1.807, 2.05) is 0 Å². The van der Waals surface area contributed by atoms with Gasteiger partial charge in [0.2, 0.25) is 5.91 Å². The number of hydrogen-bond acceptors (Lipinski definition) is 2. The smallest absolute Gasteiger partial charge is 0.224 e. The number of amides is 1. The number of aliphatic hydroxyl groups excluding tert-OH is 1. The van der Waals surface area contributed by atoms with Gasteiger partial charge >= 0.3 is 0 Å². The molecule has 1 atom stereocenters. The van der Waals surface area contributed by atoms with Crippen LogP contribution in [0.4, 0.5) is 8.78 Å². The zero-order valence-electron chi connectivity index (χ0n) is 9.54. The fourth-order valence-electron chi connectivity index (χ4n) is 1.28. The van der Waals surface area contributed by atoms with E-state index in [4.69, 9.17) is 5.11 Å². The molecule has 1 unspecified atom stereocenters. The second kappa shape index (κ2) is 6.30. The van der Waals surface area contributed by atoms with Crippen LogP contribution in [-0.4, -0.2) is 24.2 Å². The third kappa shape index (κ3) is 4.11. The molecule has 0 saturated carbocycles. The summed E-state index contributed by atoms with van der Waals surface area (Å²) in [7, 11) is 0. The second-order valence-corrected chi connectivity index (χ2v) is 3.97. The van der Waals surface area contributed by atoms with Crippen LogP contribution in [0.15, 0.2) is 18.2 Å². The van der Waals surface area contributed by atoms with Crippen molar-refractivity contribution in [2.24, 2.45) is 5.92 Å². The lowest BCUT2D eigenvalue weighted by atomic mass is 10.1. The standard InChI is InChI=1S/C12H15F2NO2/c1-8(7-16)6-15-12(17)5-9-10(13)3-2-4-11(9)14/h2-4,8,16H,5-7H2,1H3,(H,15,17). The van der Waals surface area contributed by atoms with E-state index in [2.05, 4.69) is 5.32 Å². The quantitative estimate of drug-likeness (QED) is 0.817. The predicted octanol–water partition coefficient (Wildman–Crippen LogP) is 1.25. The van der Waals surface area contributed by atoms with Gasteiger partial charge in [-0.3, -0.25) is 4.79 Å². The van der Waals surface area contributed by atoms with E-state index in [1.165, 1.54) is 6.07 Å². The molecule has 0 fully saturated rings. The monoisotopic (exact) mass is 243 g/mol. The molecule has 2 N–H and O–H groups in total. The van der Waals surface area contributed by atoms with Crippen LogP contribution in [0.1, 0.15) is 12.5 Å². The van der Waals surface area contributed by atoms with Gasteiger partial charge in [-0.05, 0) is 18.1 Å². The molecule has 1 aromatic rings. The number of hydrogen-bond donors (Lipinski definition) is 2. The number of rotatable bonds is 5. The minimum atomic E-state index is -0.727. The Hall–Kier alpha value is -1.49. The Bertz CT molecular complexity index is 376. The third-order valence-corrected chi connectivity index (χ3v) is 2.36. The minimum absolute atomic E-state index is 0.0473. The van der Waals surface area contributed by atoms with Gasteiger partial charge in [0.15, 0.2) is 0 Å². The van der Waals surface area contributed by atoms with E-state index >= 15 is 0 Å². The summed E-state index contributed by atoms with van der Waals surface area (Å²) < 4.78 is 26.4. The van der Waals surface area contributed by atoms with Gasteiger partial charge in [-0.1, -0.05) is 13.0 Å². The molecule has 0 aliphatic rings. The van der Waals surface area contributed by atoms with Crippen molar-refractivity contribution in [2.45, 2.75) is 13.3 Å². The van der Waals surface area contributed by atoms with Gasteiger partial charge in [0.1, 0.15) is 11.6 Å². The summed E-state index contributed by atoms with van der Waals surface area (Å²) >= 11 is 0. The van der Waals surface area contributed by atoms with Gasteiger partial charge < -0.3 is 10.4 Å². The predicted molar refractivity (Wildman–Crippen MR) is 59.3 cm³/mol. The zero-order valence-corrected chi connectivity index (χ0v) is 9.54. The van der Waals surface area contributed by atoms with Crippen LogP contribution in [0.2, 0.25) is 0 Å². The lowest BCUT2D eigenvalue weighted by molar-refractivity contribution is -0.120. The van der Waals surface area contributed by atoms with E-state index in [9.17, 15) is 13.6 Å². The van der Waals surface area contributed by atoms with Gasteiger partial charge in [-0.25, -0.2) is 8.78 Å². The highest BCUT2D eigenvalue weighted by Gasteiger charge is 2.13. The number of halogens is 2. The Kier molecular flexibility index (Phi) is 5.03. The summed E-state index contributed by atoms with van der Waals surface area (Å²) in [5.41, 5.74) is -0.235. The molecule has 0 aliphatic carbocycles. The van der Waals surface area contributed by atoms with Crippen molar-refractivity contribution >= 4 is 5.91 Å². The maximum Gasteiger partial charge on any atom is 0.224 e. The summed E-state index contributed by atoms with van der Waals surface area (Å²) in [6.45, 7) is 1.99. The van der Waals surface area contributed by atoms with Gasteiger partial charge in [-0.2, -0.15) is 0 Å². The number of aliphatic hydroxyl groups is 1. The van der Waals surface area contributed by atoms with E-state index in [-0.39, 0.29) is 31.1 Å². The Morgan fingerprint density at radius 1 is 1.41 bits per heavy atom. The molecule has 94 valence electrons. The van der Waals surface area contributed by atoms with E-state index < -0.39 is 17.5 Å². The van der Waals surface area contributed by atoms with Gasteiger partial charge in [-0.15, -0.1) is 0 Å². The molecule has 0 saturated heterocycles. The van der Waals surface area contributed by atoms with Crippen molar-refractivity contribution in [3.63, 3.8) is 0 Å². The van der Waals surface area contributed by atoms with E-state index in [1.54, 1.807) is 6.92 Å². The Labute approximate surface area is 98.5 Å². The van der Waals surface area contributed by atoms with Crippen molar-refractivity contribution in [3.05, 3.63) is 35.4 Å². The minimum Gasteiger partial charge on any atom is -0.396 e. The molecular weight excluding hydrogens is 228 g/mol. The number of benzene rings is 1. The summed E-state index contributed by atoms with van der Waals surface area (Å²) in [6, 6.07) is 3.48. The normalized spacial score (nSPS) is 12.2. The first kappa shape index (κ1) is 13.6. The Morgan fingerprint density at radius 2 is 2.00 bits per heavy atom. The van der Waals surface area contributed by atoms with Crippen LogP contribution in [0.25, 0.3) is 0 Å². The van der Waals surface area contributed by atoms with Crippen LogP contribution < -0.4 is 5.32 Å². The summed E-state index contributed by atoms with van der Waals surface area (Å²) in [5, 5.41) is 11.3. The summed E-state index contributed by atoms with van der Waals surface area (Å²) in [6.07, 6.45) is -0.337. The van der Waals surface area contributed by atoms with Crippen molar-refractivity contribution in [3.8, 4) is 0 Å². The van der Waals surface area contributed by atoms with Crippen LogP contribution in [-0.2, 0) is 11.2 Å². The highest BCUT2D eigenvalue weighted by Crippen LogP contribution is 2.12. The highest BCUT2D eigenvalue weighted by molar-refractivity contribution is 5.78. The van der Waals surface area contributed by atoms with Gasteiger partial charge in [0, 0.05) is 18.7 Å². The van der Waals surface area contributed by atoms with Crippen LogP contribution in [0, 0.1) is 17.6 Å². The van der Waals surface area contributed by atoms with Crippen molar-refractivity contribution in [1.29, 1.82) is 0 Å². The van der Waals surface area contributed by atoms with E-state index in [0.717, 1.165) is 12.1 Å². The van der Waals surface area contributed by atoms with Crippen LogP contribution in [0.5, 0.6) is 0 Å². The molecule has 5 heteroatoms. The topological polar surface area (TPSA) is 49.3 Å². The average molecular weight is 243 g/mol. The SMILES string of the molecule is CC(CO)CNC(=O)Cc1c(F)cccc1F. The molecule has 0 bridgehead atoms. The lowest BCUT2D eigenvalue weighted by Crippen LogP contribution is -2.31. The first-order valence-corrected chi connectivity index (χ1v) is 5.35. The fraction of sp³-hybridized carbons (Fsp3) is 0.417. The van der Waals surface area contributed by atoms with Crippen molar-refractivity contribution < 1.29 is 18.7 Å². The zero-order chi connectivity index (χ0) is 12.8. The van der Waals surface area contributed by atoms with Crippen molar-refractivity contribution in [2.75, 3.05) is 13.2 Å². The lowest BCUT2D eigenvalue weighted by Gasteiger charge is -2.10. The molecule has 0 spiro atoms. The number of carbonyl (C=O) groups excluding carboxylic acids is 1. The molecule has 1 rings (SSSR count). The van der Waals surface area contributed by atoms with Gasteiger partial charge in [0.05, 0.1) is 6.42 Å². The summed E-state index contributed by atoms with van der Waals surface area (Å²) in [4.78, 5) is 11.4. The number of carbonyl (C=O) groups is 1. The molecule has 0 radical (unpaired) electrons. The Morgan fingerprint density at radius 3 is 2.53 bits per heavy atom. The number of nitrogens with one attached hydrogen (secondary N) is 1. The molecule has 1 amide bonds.